The molecule has 0 atom stereocenters. The van der Waals surface area contributed by atoms with E-state index in [4.69, 9.17) is 10.5 Å². The van der Waals surface area contributed by atoms with Gasteiger partial charge in [0, 0.05) is 0 Å². The SMILES string of the molecule is NC(=O)COc1ccccc1C(=O)/C=C/c1ccc(-c2ccccc2)cc1. The molecule has 3 aromatic rings. The number of allylic oxidation sites excluding steroid dienone is 1. The summed E-state index contributed by atoms with van der Waals surface area (Å²) in [6.45, 7) is -0.269. The first-order chi connectivity index (χ1) is 13.1. The van der Waals surface area contributed by atoms with Crippen LogP contribution < -0.4 is 10.5 Å². The van der Waals surface area contributed by atoms with Gasteiger partial charge < -0.3 is 10.5 Å². The van der Waals surface area contributed by atoms with Crippen molar-refractivity contribution in [2.24, 2.45) is 5.73 Å². The van der Waals surface area contributed by atoms with Crippen LogP contribution in [0.1, 0.15) is 15.9 Å². The number of primary amides is 1. The zero-order valence-electron chi connectivity index (χ0n) is 14.7. The summed E-state index contributed by atoms with van der Waals surface area (Å²) in [5.41, 5.74) is 8.65. The minimum atomic E-state index is -0.591. The van der Waals surface area contributed by atoms with Crippen molar-refractivity contribution in [3.63, 3.8) is 0 Å². The molecule has 0 saturated carbocycles. The van der Waals surface area contributed by atoms with Gasteiger partial charge in [-0.3, -0.25) is 9.59 Å². The van der Waals surface area contributed by atoms with Crippen LogP contribution >= 0.6 is 0 Å². The van der Waals surface area contributed by atoms with Gasteiger partial charge in [0.15, 0.2) is 12.4 Å². The summed E-state index contributed by atoms with van der Waals surface area (Å²) in [5.74, 6) is -0.459. The Kier molecular flexibility index (Phi) is 5.80. The lowest BCUT2D eigenvalue weighted by Gasteiger charge is -2.07. The Bertz CT molecular complexity index is 960. The number of carbonyl (C=O) groups is 2. The van der Waals surface area contributed by atoms with Crippen LogP contribution in [0.3, 0.4) is 0 Å². The molecular weight excluding hydrogens is 338 g/mol. The summed E-state index contributed by atoms with van der Waals surface area (Å²) in [6.07, 6.45) is 3.24. The minimum absolute atomic E-state index is 0.206. The number of carbonyl (C=O) groups excluding carboxylic acids is 2. The van der Waals surface area contributed by atoms with Crippen LogP contribution in [0.25, 0.3) is 17.2 Å². The zero-order chi connectivity index (χ0) is 19.1. The second-order valence-electron chi connectivity index (χ2n) is 5.94. The highest BCUT2D eigenvalue weighted by atomic mass is 16.5. The van der Waals surface area contributed by atoms with E-state index in [1.54, 1.807) is 30.3 Å². The van der Waals surface area contributed by atoms with Gasteiger partial charge in [-0.2, -0.15) is 0 Å². The van der Waals surface area contributed by atoms with E-state index in [1.165, 1.54) is 6.08 Å². The van der Waals surface area contributed by atoms with Gasteiger partial charge in [0.05, 0.1) is 5.56 Å². The van der Waals surface area contributed by atoms with Crippen molar-refractivity contribution in [2.75, 3.05) is 6.61 Å². The maximum Gasteiger partial charge on any atom is 0.255 e. The quantitative estimate of drug-likeness (QED) is 0.511. The number of hydrogen-bond donors (Lipinski definition) is 1. The number of benzene rings is 3. The van der Waals surface area contributed by atoms with Gasteiger partial charge >= 0.3 is 0 Å². The number of hydrogen-bond acceptors (Lipinski definition) is 3. The molecule has 0 aromatic heterocycles. The van der Waals surface area contributed by atoms with Crippen LogP contribution in [0.2, 0.25) is 0 Å². The van der Waals surface area contributed by atoms with Crippen LogP contribution in [-0.2, 0) is 4.79 Å². The Morgan fingerprint density at radius 2 is 1.44 bits per heavy atom. The fourth-order valence-electron chi connectivity index (χ4n) is 2.62. The second kappa shape index (κ2) is 8.63. The molecule has 0 unspecified atom stereocenters. The molecule has 3 aromatic carbocycles. The summed E-state index contributed by atoms with van der Waals surface area (Å²) < 4.78 is 5.31. The van der Waals surface area contributed by atoms with Crippen molar-refractivity contribution < 1.29 is 14.3 Å². The molecule has 0 fully saturated rings. The summed E-state index contributed by atoms with van der Waals surface area (Å²) in [4.78, 5) is 23.4. The molecular formula is C23H19NO3. The first-order valence-corrected chi connectivity index (χ1v) is 8.51. The van der Waals surface area contributed by atoms with Crippen LogP contribution in [-0.4, -0.2) is 18.3 Å². The number of ether oxygens (including phenoxy) is 1. The van der Waals surface area contributed by atoms with Crippen molar-refractivity contribution in [3.8, 4) is 16.9 Å². The molecule has 0 aliphatic heterocycles. The molecule has 0 aliphatic carbocycles. The third kappa shape index (κ3) is 4.92. The Labute approximate surface area is 157 Å². The van der Waals surface area contributed by atoms with E-state index < -0.39 is 5.91 Å². The van der Waals surface area contributed by atoms with Crippen LogP contribution in [0, 0.1) is 0 Å². The van der Waals surface area contributed by atoms with Crippen LogP contribution in [0.15, 0.2) is 84.9 Å². The van der Waals surface area contributed by atoms with Gasteiger partial charge in [0.1, 0.15) is 5.75 Å². The van der Waals surface area contributed by atoms with Crippen LogP contribution in [0.5, 0.6) is 5.75 Å². The molecule has 0 bridgehead atoms. The largest absolute Gasteiger partial charge is 0.483 e. The molecule has 1 amide bonds. The Balaban J connectivity index is 1.73. The van der Waals surface area contributed by atoms with E-state index in [2.05, 4.69) is 12.1 Å². The number of nitrogens with two attached hydrogens (primary N) is 1. The average molecular weight is 357 g/mol. The third-order valence-electron chi connectivity index (χ3n) is 3.97. The first kappa shape index (κ1) is 18.1. The zero-order valence-corrected chi connectivity index (χ0v) is 14.7. The molecule has 27 heavy (non-hydrogen) atoms. The van der Waals surface area contributed by atoms with Gasteiger partial charge in [0.2, 0.25) is 0 Å². The fraction of sp³-hybridized carbons (Fsp3) is 0.0435. The first-order valence-electron chi connectivity index (χ1n) is 8.51. The third-order valence-corrected chi connectivity index (χ3v) is 3.97. The lowest BCUT2D eigenvalue weighted by atomic mass is 10.0. The summed E-state index contributed by atoms with van der Waals surface area (Å²) in [6, 6.07) is 24.8. The number of ketones is 1. The van der Waals surface area contributed by atoms with Gasteiger partial charge in [-0.25, -0.2) is 0 Å². The summed E-state index contributed by atoms with van der Waals surface area (Å²) >= 11 is 0. The highest BCUT2D eigenvalue weighted by molar-refractivity contribution is 6.08. The van der Waals surface area contributed by atoms with Gasteiger partial charge in [-0.1, -0.05) is 72.8 Å². The highest BCUT2D eigenvalue weighted by Crippen LogP contribution is 2.21. The minimum Gasteiger partial charge on any atom is -0.483 e. The van der Waals surface area contributed by atoms with Crippen LogP contribution in [0.4, 0.5) is 0 Å². The summed E-state index contributed by atoms with van der Waals surface area (Å²) in [5, 5.41) is 0. The van der Waals surface area contributed by atoms with Gasteiger partial charge in [-0.15, -0.1) is 0 Å². The maximum absolute atomic E-state index is 12.5. The van der Waals surface area contributed by atoms with Crippen molar-refractivity contribution >= 4 is 17.8 Å². The van der Waals surface area contributed by atoms with E-state index >= 15 is 0 Å². The highest BCUT2D eigenvalue weighted by Gasteiger charge is 2.10. The Morgan fingerprint density at radius 3 is 2.15 bits per heavy atom. The van der Waals surface area contributed by atoms with E-state index in [0.29, 0.717) is 11.3 Å². The monoisotopic (exact) mass is 357 g/mol. The van der Waals surface area contributed by atoms with Gasteiger partial charge in [0.25, 0.3) is 5.91 Å². The van der Waals surface area contributed by atoms with Gasteiger partial charge in [-0.05, 0) is 34.9 Å². The standard InChI is InChI=1S/C23H19NO3/c24-23(26)16-27-22-9-5-4-8-20(22)21(25)15-12-17-10-13-19(14-11-17)18-6-2-1-3-7-18/h1-15H,16H2,(H2,24,26)/b15-12+. The Hall–Kier alpha value is -3.66. The lowest BCUT2D eigenvalue weighted by Crippen LogP contribution is -2.20. The summed E-state index contributed by atoms with van der Waals surface area (Å²) in [7, 11) is 0. The number of amides is 1. The molecule has 4 nitrogen and oxygen atoms in total. The second-order valence-corrected chi connectivity index (χ2v) is 5.94. The molecule has 2 N–H and O–H groups in total. The lowest BCUT2D eigenvalue weighted by molar-refractivity contribution is -0.119. The van der Waals surface area contributed by atoms with E-state index in [0.717, 1.165) is 16.7 Å². The fourth-order valence-corrected chi connectivity index (χ4v) is 2.62. The average Bonchev–Trinajstić information content (AvgIpc) is 2.71. The molecule has 0 radical (unpaired) electrons. The normalized spacial score (nSPS) is 10.7. The molecule has 0 spiro atoms. The molecule has 4 heteroatoms. The van der Waals surface area contributed by atoms with Crippen molar-refractivity contribution in [1.29, 1.82) is 0 Å². The predicted molar refractivity (Wildman–Crippen MR) is 106 cm³/mol. The topological polar surface area (TPSA) is 69.4 Å². The molecule has 134 valence electrons. The predicted octanol–water partition coefficient (Wildman–Crippen LogP) is 4.11. The van der Waals surface area contributed by atoms with Crippen molar-refractivity contribution in [2.45, 2.75) is 0 Å². The molecule has 0 heterocycles. The van der Waals surface area contributed by atoms with Crippen molar-refractivity contribution in [1.82, 2.24) is 0 Å². The van der Waals surface area contributed by atoms with E-state index in [1.807, 2.05) is 42.5 Å². The molecule has 0 saturated heterocycles. The maximum atomic E-state index is 12.5. The van der Waals surface area contributed by atoms with E-state index in [9.17, 15) is 9.59 Å². The van der Waals surface area contributed by atoms with Crippen molar-refractivity contribution in [3.05, 3.63) is 96.1 Å². The number of para-hydroxylation sites is 1. The number of rotatable bonds is 7. The Morgan fingerprint density at radius 1 is 0.815 bits per heavy atom. The molecule has 0 aliphatic rings. The smallest absolute Gasteiger partial charge is 0.255 e. The van der Waals surface area contributed by atoms with E-state index in [-0.39, 0.29) is 12.4 Å². The molecule has 3 rings (SSSR count).